The number of phenolic OH excluding ortho intramolecular Hbond substituents is 1. The summed E-state index contributed by atoms with van der Waals surface area (Å²) >= 11 is 0. The summed E-state index contributed by atoms with van der Waals surface area (Å²) in [5.74, 6) is 0.944. The zero-order valence-electron chi connectivity index (χ0n) is 15.4. The van der Waals surface area contributed by atoms with Crippen LogP contribution in [-0.2, 0) is 9.47 Å². The van der Waals surface area contributed by atoms with Crippen molar-refractivity contribution in [2.24, 2.45) is 0 Å². The van der Waals surface area contributed by atoms with E-state index in [1.54, 1.807) is 30.3 Å². The number of benzene rings is 2. The fraction of sp³-hybridized carbons (Fsp3) is 0.250. The topological polar surface area (TPSA) is 83.5 Å². The van der Waals surface area contributed by atoms with Gasteiger partial charge >= 0.3 is 0 Å². The molecule has 0 aliphatic carbocycles. The van der Waals surface area contributed by atoms with E-state index in [1.807, 2.05) is 0 Å². The molecule has 7 nitrogen and oxygen atoms in total. The molecule has 2 aromatic carbocycles. The summed E-state index contributed by atoms with van der Waals surface area (Å²) in [7, 11) is 4.55. The molecule has 0 aromatic heterocycles. The van der Waals surface area contributed by atoms with E-state index >= 15 is 0 Å². The molecular formula is C20H22O7. The van der Waals surface area contributed by atoms with E-state index in [2.05, 4.69) is 0 Å². The highest BCUT2D eigenvalue weighted by molar-refractivity contribution is 6.08. The molecule has 0 aliphatic rings. The summed E-state index contributed by atoms with van der Waals surface area (Å²) in [6, 6.07) is 9.68. The lowest BCUT2D eigenvalue weighted by molar-refractivity contribution is 0.0491. The predicted molar refractivity (Wildman–Crippen MR) is 99.5 cm³/mol. The highest BCUT2D eigenvalue weighted by Crippen LogP contribution is 2.29. The lowest BCUT2D eigenvalue weighted by atomic mass is 10.1. The van der Waals surface area contributed by atoms with Crippen LogP contribution in [-0.4, -0.2) is 45.8 Å². The number of methoxy groups -OCH3 is 3. The van der Waals surface area contributed by atoms with Crippen LogP contribution in [0.15, 0.2) is 42.5 Å². The largest absolute Gasteiger partial charge is 0.507 e. The Hall–Kier alpha value is -3.03. The Labute approximate surface area is 157 Å². The summed E-state index contributed by atoms with van der Waals surface area (Å²) in [5, 5.41) is 10.0. The van der Waals surface area contributed by atoms with Crippen molar-refractivity contribution in [3.63, 3.8) is 0 Å². The first-order chi connectivity index (χ1) is 13.1. The van der Waals surface area contributed by atoms with Crippen LogP contribution in [0.5, 0.6) is 23.0 Å². The van der Waals surface area contributed by atoms with Crippen LogP contribution in [0.4, 0.5) is 0 Å². The molecule has 0 saturated heterocycles. The van der Waals surface area contributed by atoms with Crippen LogP contribution < -0.4 is 14.2 Å². The minimum atomic E-state index is -0.346. The fourth-order valence-corrected chi connectivity index (χ4v) is 2.23. The Bertz CT molecular complexity index is 799. The predicted octanol–water partition coefficient (Wildman–Crippen LogP) is 3.26. The van der Waals surface area contributed by atoms with Crippen molar-refractivity contribution in [3.05, 3.63) is 53.6 Å². The summed E-state index contributed by atoms with van der Waals surface area (Å²) < 4.78 is 25.6. The van der Waals surface area contributed by atoms with E-state index in [9.17, 15) is 9.90 Å². The fourth-order valence-electron chi connectivity index (χ4n) is 2.23. The van der Waals surface area contributed by atoms with Crippen molar-refractivity contribution < 1.29 is 33.6 Å². The second-order valence-electron chi connectivity index (χ2n) is 5.39. The van der Waals surface area contributed by atoms with Gasteiger partial charge in [0.2, 0.25) is 0 Å². The van der Waals surface area contributed by atoms with E-state index in [-0.39, 0.29) is 30.7 Å². The molecule has 144 valence electrons. The Balaban J connectivity index is 2.14. The van der Waals surface area contributed by atoms with Crippen molar-refractivity contribution >= 4 is 11.9 Å². The van der Waals surface area contributed by atoms with Gasteiger partial charge in [-0.05, 0) is 35.9 Å². The lowest BCUT2D eigenvalue weighted by Crippen LogP contribution is -2.01. The van der Waals surface area contributed by atoms with Crippen molar-refractivity contribution in [1.29, 1.82) is 0 Å². The molecule has 0 unspecified atom stereocenters. The monoisotopic (exact) mass is 374 g/mol. The number of ketones is 1. The zero-order valence-corrected chi connectivity index (χ0v) is 15.4. The number of ether oxygens (including phenoxy) is 5. The van der Waals surface area contributed by atoms with Crippen LogP contribution >= 0.6 is 0 Å². The number of aromatic hydroxyl groups is 1. The van der Waals surface area contributed by atoms with Crippen molar-refractivity contribution in [2.75, 3.05) is 34.9 Å². The Morgan fingerprint density at radius 3 is 2.37 bits per heavy atom. The van der Waals surface area contributed by atoms with Crippen molar-refractivity contribution in [3.8, 4) is 23.0 Å². The number of carbonyl (C=O) groups is 1. The van der Waals surface area contributed by atoms with Crippen LogP contribution in [0, 0.1) is 0 Å². The maximum absolute atomic E-state index is 12.4. The third-order valence-corrected chi connectivity index (χ3v) is 3.53. The Morgan fingerprint density at radius 1 is 0.963 bits per heavy atom. The van der Waals surface area contributed by atoms with Gasteiger partial charge in [-0.15, -0.1) is 0 Å². The quantitative estimate of drug-likeness (QED) is 0.388. The maximum atomic E-state index is 12.4. The molecule has 27 heavy (non-hydrogen) atoms. The van der Waals surface area contributed by atoms with E-state index in [1.165, 1.54) is 39.5 Å². The van der Waals surface area contributed by atoms with Gasteiger partial charge in [-0.3, -0.25) is 4.79 Å². The van der Waals surface area contributed by atoms with Gasteiger partial charge in [0.05, 0.1) is 12.7 Å². The molecule has 0 amide bonds. The van der Waals surface area contributed by atoms with Crippen LogP contribution in [0.25, 0.3) is 6.08 Å². The molecule has 7 heteroatoms. The molecule has 0 fully saturated rings. The number of hydrogen-bond donors (Lipinski definition) is 1. The molecule has 2 rings (SSSR count). The van der Waals surface area contributed by atoms with Gasteiger partial charge in [0, 0.05) is 20.3 Å². The molecule has 0 radical (unpaired) electrons. The van der Waals surface area contributed by atoms with E-state index in [4.69, 9.17) is 23.7 Å². The number of phenols is 1. The second kappa shape index (κ2) is 10.2. The smallest absolute Gasteiger partial charge is 0.189 e. The van der Waals surface area contributed by atoms with Gasteiger partial charge in [-0.2, -0.15) is 0 Å². The summed E-state index contributed by atoms with van der Waals surface area (Å²) in [5.41, 5.74) is 0.898. The van der Waals surface area contributed by atoms with Crippen molar-refractivity contribution in [1.82, 2.24) is 0 Å². The Kier molecular flexibility index (Phi) is 7.66. The van der Waals surface area contributed by atoms with Crippen molar-refractivity contribution in [2.45, 2.75) is 0 Å². The maximum Gasteiger partial charge on any atom is 0.189 e. The van der Waals surface area contributed by atoms with Gasteiger partial charge in [-0.25, -0.2) is 0 Å². The van der Waals surface area contributed by atoms with E-state index in [0.29, 0.717) is 17.2 Å². The third-order valence-electron chi connectivity index (χ3n) is 3.53. The second-order valence-corrected chi connectivity index (χ2v) is 5.39. The molecule has 2 aromatic rings. The summed E-state index contributed by atoms with van der Waals surface area (Å²) in [4.78, 5) is 12.4. The molecule has 0 aliphatic heterocycles. The molecule has 1 N–H and O–H groups in total. The van der Waals surface area contributed by atoms with Gasteiger partial charge in [0.15, 0.2) is 30.9 Å². The first kappa shape index (κ1) is 20.3. The summed E-state index contributed by atoms with van der Waals surface area (Å²) in [6.45, 7) is 0.130. The molecule has 0 atom stereocenters. The third kappa shape index (κ3) is 5.73. The normalized spacial score (nSPS) is 10.8. The zero-order chi connectivity index (χ0) is 19.6. The van der Waals surface area contributed by atoms with Crippen LogP contribution in [0.3, 0.4) is 0 Å². The number of hydrogen-bond acceptors (Lipinski definition) is 7. The first-order valence-electron chi connectivity index (χ1n) is 8.06. The Morgan fingerprint density at radius 2 is 1.70 bits per heavy atom. The minimum absolute atomic E-state index is 0.0532. The number of allylic oxidation sites excluding steroid dienone is 1. The number of carbonyl (C=O) groups excluding carboxylic acids is 1. The van der Waals surface area contributed by atoms with Crippen LogP contribution in [0.2, 0.25) is 0 Å². The SMILES string of the molecule is COCOc1ccc(C(=O)/C=C/c2ccc(OC)c(OCOC)c2)c(O)c1. The molecule has 0 saturated carbocycles. The highest BCUT2D eigenvalue weighted by Gasteiger charge is 2.10. The first-order valence-corrected chi connectivity index (χ1v) is 8.06. The summed E-state index contributed by atoms with van der Waals surface area (Å²) in [6.07, 6.45) is 2.99. The molecule has 0 spiro atoms. The standard InChI is InChI=1S/C20H22O7/c1-23-12-26-15-6-7-16(18(22)11-15)17(21)8-4-14-5-9-19(25-3)20(10-14)27-13-24-2/h4-11,22H,12-13H2,1-3H3/b8-4+. The average molecular weight is 374 g/mol. The van der Waals surface area contributed by atoms with Gasteiger partial charge in [-0.1, -0.05) is 12.1 Å². The van der Waals surface area contributed by atoms with Gasteiger partial charge in [0.1, 0.15) is 11.5 Å². The van der Waals surface area contributed by atoms with Gasteiger partial charge < -0.3 is 28.8 Å². The molecule has 0 bridgehead atoms. The molecular weight excluding hydrogens is 352 g/mol. The highest BCUT2D eigenvalue weighted by atomic mass is 16.7. The van der Waals surface area contributed by atoms with E-state index < -0.39 is 0 Å². The van der Waals surface area contributed by atoms with Crippen LogP contribution in [0.1, 0.15) is 15.9 Å². The minimum Gasteiger partial charge on any atom is -0.507 e. The number of rotatable bonds is 10. The van der Waals surface area contributed by atoms with Gasteiger partial charge in [0.25, 0.3) is 0 Å². The lowest BCUT2D eigenvalue weighted by Gasteiger charge is -2.10. The molecule has 0 heterocycles. The van der Waals surface area contributed by atoms with E-state index in [0.717, 1.165) is 5.56 Å². The average Bonchev–Trinajstić information content (AvgIpc) is 2.68.